The first-order valence-electron chi connectivity index (χ1n) is 7.38. The molecule has 0 saturated carbocycles. The normalized spacial score (nSPS) is 30.1. The van der Waals surface area contributed by atoms with E-state index in [9.17, 15) is 9.59 Å². The van der Waals surface area contributed by atoms with Crippen molar-refractivity contribution >= 4 is 11.9 Å². The van der Waals surface area contributed by atoms with Gasteiger partial charge in [-0.2, -0.15) is 0 Å². The van der Waals surface area contributed by atoms with Crippen LogP contribution in [0.15, 0.2) is 12.2 Å². The number of hydrogen-bond donors (Lipinski definition) is 0. The van der Waals surface area contributed by atoms with Gasteiger partial charge in [-0.25, -0.2) is 0 Å². The molecule has 0 N–H and O–H groups in total. The summed E-state index contributed by atoms with van der Waals surface area (Å²) in [6, 6.07) is 0.244. The van der Waals surface area contributed by atoms with Gasteiger partial charge >= 0.3 is 5.97 Å². The summed E-state index contributed by atoms with van der Waals surface area (Å²) in [6.07, 6.45) is 6.68. The third-order valence-corrected chi connectivity index (χ3v) is 4.07. The van der Waals surface area contributed by atoms with Gasteiger partial charge in [0.05, 0.1) is 6.42 Å². The third kappa shape index (κ3) is 3.62. The molecule has 0 spiro atoms. The van der Waals surface area contributed by atoms with Gasteiger partial charge in [0.1, 0.15) is 5.60 Å². The fraction of sp³-hybridized carbons (Fsp3) is 0.750. The first-order valence-corrected chi connectivity index (χ1v) is 7.38. The molecule has 4 heteroatoms. The fourth-order valence-corrected chi connectivity index (χ4v) is 3.16. The van der Waals surface area contributed by atoms with Gasteiger partial charge in [-0.1, -0.05) is 13.0 Å². The van der Waals surface area contributed by atoms with Gasteiger partial charge < -0.3 is 9.64 Å². The lowest BCUT2D eigenvalue weighted by molar-refractivity contribution is -0.158. The summed E-state index contributed by atoms with van der Waals surface area (Å²) in [7, 11) is 0. The van der Waals surface area contributed by atoms with Crippen LogP contribution >= 0.6 is 0 Å². The SMILES string of the molecule is CC1(CC(=O)OC(C)(C)C)CCN2C(=O)C=CC[C@H]2C1. The number of rotatable bonds is 2. The number of carbonyl (C=O) groups excluding carboxylic acids is 2. The number of ether oxygens (including phenoxy) is 1. The molecule has 2 heterocycles. The number of fused-ring (bicyclic) bond motifs is 1. The van der Waals surface area contributed by atoms with Gasteiger partial charge in [0.15, 0.2) is 0 Å². The van der Waals surface area contributed by atoms with Crippen LogP contribution in [0.2, 0.25) is 0 Å². The summed E-state index contributed by atoms with van der Waals surface area (Å²) in [5, 5.41) is 0. The lowest BCUT2D eigenvalue weighted by Crippen LogP contribution is -2.50. The average Bonchev–Trinajstić information content (AvgIpc) is 2.25. The maximum absolute atomic E-state index is 12.0. The van der Waals surface area contributed by atoms with Crippen molar-refractivity contribution < 1.29 is 14.3 Å². The van der Waals surface area contributed by atoms with Crippen LogP contribution in [-0.2, 0) is 14.3 Å². The van der Waals surface area contributed by atoms with Gasteiger partial charge in [0.25, 0.3) is 0 Å². The molecule has 0 bridgehead atoms. The molecule has 20 heavy (non-hydrogen) atoms. The third-order valence-electron chi connectivity index (χ3n) is 4.07. The van der Waals surface area contributed by atoms with Crippen molar-refractivity contribution in [2.45, 2.75) is 65.0 Å². The van der Waals surface area contributed by atoms with Crippen LogP contribution in [0.4, 0.5) is 0 Å². The molecule has 0 aromatic carbocycles. The Bertz CT molecular complexity index is 435. The second kappa shape index (κ2) is 5.23. The van der Waals surface area contributed by atoms with E-state index in [0.717, 1.165) is 25.8 Å². The number of amides is 1. The Morgan fingerprint density at radius 2 is 2.20 bits per heavy atom. The molecule has 2 aliphatic rings. The van der Waals surface area contributed by atoms with Crippen LogP contribution in [0.5, 0.6) is 0 Å². The molecular formula is C16H25NO3. The molecule has 0 aromatic rings. The van der Waals surface area contributed by atoms with Gasteiger partial charge in [0.2, 0.25) is 5.91 Å². The van der Waals surface area contributed by atoms with Crippen LogP contribution < -0.4 is 0 Å². The molecule has 1 amide bonds. The molecule has 1 fully saturated rings. The topological polar surface area (TPSA) is 46.6 Å². The van der Waals surface area contributed by atoms with E-state index in [1.54, 1.807) is 6.08 Å². The first kappa shape index (κ1) is 15.1. The lowest BCUT2D eigenvalue weighted by atomic mass is 9.73. The summed E-state index contributed by atoms with van der Waals surface area (Å²) in [4.78, 5) is 25.8. The van der Waals surface area contributed by atoms with E-state index in [-0.39, 0.29) is 23.3 Å². The second-order valence-electron chi connectivity index (χ2n) is 7.35. The van der Waals surface area contributed by atoms with Gasteiger partial charge in [-0.15, -0.1) is 0 Å². The van der Waals surface area contributed by atoms with Crippen molar-refractivity contribution in [1.29, 1.82) is 0 Å². The molecular weight excluding hydrogens is 254 g/mol. The van der Waals surface area contributed by atoms with E-state index in [0.29, 0.717) is 6.42 Å². The van der Waals surface area contributed by atoms with Crippen LogP contribution in [-0.4, -0.2) is 35.0 Å². The van der Waals surface area contributed by atoms with E-state index in [4.69, 9.17) is 4.74 Å². The quantitative estimate of drug-likeness (QED) is 0.730. The molecule has 1 unspecified atom stereocenters. The molecule has 0 radical (unpaired) electrons. The monoisotopic (exact) mass is 279 g/mol. The van der Waals surface area contributed by atoms with Gasteiger partial charge in [0, 0.05) is 12.6 Å². The Balaban J connectivity index is 1.97. The van der Waals surface area contributed by atoms with E-state index in [1.807, 2.05) is 31.7 Å². The van der Waals surface area contributed by atoms with Crippen molar-refractivity contribution in [3.05, 3.63) is 12.2 Å². The van der Waals surface area contributed by atoms with Crippen LogP contribution in [0, 0.1) is 5.41 Å². The molecule has 1 saturated heterocycles. The maximum atomic E-state index is 12.0. The first-order chi connectivity index (χ1) is 9.19. The highest BCUT2D eigenvalue weighted by Gasteiger charge is 2.40. The summed E-state index contributed by atoms with van der Waals surface area (Å²) in [5.41, 5.74) is -0.493. The van der Waals surface area contributed by atoms with Gasteiger partial charge in [-0.3, -0.25) is 9.59 Å². The number of esters is 1. The number of piperidine rings is 1. The largest absolute Gasteiger partial charge is 0.460 e. The van der Waals surface area contributed by atoms with Crippen LogP contribution in [0.1, 0.15) is 53.4 Å². The minimum Gasteiger partial charge on any atom is -0.460 e. The highest BCUT2D eigenvalue weighted by Crippen LogP contribution is 2.40. The molecule has 112 valence electrons. The Morgan fingerprint density at radius 1 is 1.50 bits per heavy atom. The second-order valence-corrected chi connectivity index (χ2v) is 7.35. The summed E-state index contributed by atoms with van der Waals surface area (Å²) in [6.45, 7) is 8.55. The van der Waals surface area contributed by atoms with Crippen molar-refractivity contribution in [3.63, 3.8) is 0 Å². The predicted molar refractivity (Wildman–Crippen MR) is 77.1 cm³/mol. The molecule has 0 aromatic heterocycles. The molecule has 2 aliphatic heterocycles. The summed E-state index contributed by atoms with van der Waals surface area (Å²) >= 11 is 0. The van der Waals surface area contributed by atoms with E-state index in [2.05, 4.69) is 6.92 Å². The summed E-state index contributed by atoms with van der Waals surface area (Å²) < 4.78 is 5.43. The maximum Gasteiger partial charge on any atom is 0.306 e. The average molecular weight is 279 g/mol. The van der Waals surface area contributed by atoms with E-state index >= 15 is 0 Å². The van der Waals surface area contributed by atoms with Gasteiger partial charge in [-0.05, 0) is 51.5 Å². The Kier molecular flexibility index (Phi) is 3.94. The molecule has 0 aliphatic carbocycles. The number of hydrogen-bond acceptors (Lipinski definition) is 3. The highest BCUT2D eigenvalue weighted by atomic mass is 16.6. The van der Waals surface area contributed by atoms with Crippen LogP contribution in [0.25, 0.3) is 0 Å². The van der Waals surface area contributed by atoms with E-state index in [1.165, 1.54) is 0 Å². The van der Waals surface area contributed by atoms with Crippen LogP contribution in [0.3, 0.4) is 0 Å². The number of carbonyl (C=O) groups is 2. The standard InChI is InChI=1S/C16H25NO3/c1-15(2,3)20-14(19)11-16(4)8-9-17-12(10-16)6-5-7-13(17)18/h5,7,12H,6,8-11H2,1-4H3/t12-,16?/m0/s1. The van der Waals surface area contributed by atoms with Crippen molar-refractivity contribution in [1.82, 2.24) is 4.90 Å². The summed E-state index contributed by atoms with van der Waals surface area (Å²) in [5.74, 6) is -0.0216. The van der Waals surface area contributed by atoms with Crippen molar-refractivity contribution in [2.75, 3.05) is 6.54 Å². The Hall–Kier alpha value is -1.32. The van der Waals surface area contributed by atoms with Crippen molar-refractivity contribution in [2.24, 2.45) is 5.41 Å². The lowest BCUT2D eigenvalue weighted by Gasteiger charge is -2.45. The zero-order chi connectivity index (χ0) is 15.0. The molecule has 4 nitrogen and oxygen atoms in total. The Labute approximate surface area is 121 Å². The molecule has 2 rings (SSSR count). The Morgan fingerprint density at radius 3 is 2.85 bits per heavy atom. The molecule has 2 atom stereocenters. The smallest absolute Gasteiger partial charge is 0.306 e. The minimum absolute atomic E-state index is 0.0606. The zero-order valence-electron chi connectivity index (χ0n) is 12.9. The predicted octanol–water partition coefficient (Wildman–Crippen LogP) is 2.68. The van der Waals surface area contributed by atoms with Crippen molar-refractivity contribution in [3.8, 4) is 0 Å². The number of nitrogens with zero attached hydrogens (tertiary/aromatic N) is 1. The van der Waals surface area contributed by atoms with E-state index < -0.39 is 5.60 Å². The highest BCUT2D eigenvalue weighted by molar-refractivity contribution is 5.88. The zero-order valence-corrected chi connectivity index (χ0v) is 12.9. The minimum atomic E-state index is -0.433. The fourth-order valence-electron chi connectivity index (χ4n) is 3.16.